The third-order valence-corrected chi connectivity index (χ3v) is 10.1. The molecule has 0 spiro atoms. The topological polar surface area (TPSA) is 63.7 Å². The number of amides is 2. The molecule has 4 aliphatic rings. The number of esters is 1. The smallest absolute Gasteiger partial charge is 0.330 e. The van der Waals surface area contributed by atoms with E-state index in [0.29, 0.717) is 22.3 Å². The highest BCUT2D eigenvalue weighted by Gasteiger charge is 2.73. The van der Waals surface area contributed by atoms with Gasteiger partial charge in [0.1, 0.15) is 28.2 Å². The average Bonchev–Trinajstić information content (AvgIpc) is 3.29. The second kappa shape index (κ2) is 9.79. The quantitative estimate of drug-likeness (QED) is 0.153. The fourth-order valence-electron chi connectivity index (χ4n) is 6.97. The Labute approximate surface area is 251 Å². The van der Waals surface area contributed by atoms with Crippen molar-refractivity contribution in [3.63, 3.8) is 0 Å². The minimum Gasteiger partial charge on any atom is -0.459 e. The number of hydrogen-bond acceptors (Lipinski definition) is 4. The number of ether oxygens (including phenoxy) is 1. The van der Waals surface area contributed by atoms with Gasteiger partial charge in [0.25, 0.3) is 0 Å². The molecule has 8 heteroatoms. The number of likely N-dealkylation sites (tertiary alicyclic amines) is 1. The summed E-state index contributed by atoms with van der Waals surface area (Å²) >= 11 is 15.1. The first-order valence-electron chi connectivity index (χ1n) is 13.7. The number of nitrogens with zero attached hydrogens (tertiary/aromatic N) is 1. The van der Waals surface area contributed by atoms with Gasteiger partial charge in [0, 0.05) is 12.0 Å². The number of rotatable bonds is 6. The molecular formula is C34H24Cl2FNO4. The van der Waals surface area contributed by atoms with Crippen LogP contribution in [0.15, 0.2) is 103 Å². The fraction of sp³-hybridized carbons (Fsp3) is 0.206. The van der Waals surface area contributed by atoms with E-state index in [-0.39, 0.29) is 18.6 Å². The molecule has 1 heterocycles. The Morgan fingerprint density at radius 2 is 1.19 bits per heavy atom. The lowest BCUT2D eigenvalue weighted by atomic mass is 9.54. The third kappa shape index (κ3) is 3.64. The Kier molecular flexibility index (Phi) is 6.26. The van der Waals surface area contributed by atoms with Gasteiger partial charge < -0.3 is 4.74 Å². The Morgan fingerprint density at radius 1 is 0.738 bits per heavy atom. The molecule has 0 N–H and O–H groups in total. The van der Waals surface area contributed by atoms with Crippen LogP contribution in [0.3, 0.4) is 0 Å². The van der Waals surface area contributed by atoms with Crippen LogP contribution in [0, 0.1) is 17.7 Å². The summed E-state index contributed by atoms with van der Waals surface area (Å²) in [6.07, 6.45) is 0.0122. The Bertz CT molecular complexity index is 1640. The van der Waals surface area contributed by atoms with E-state index < -0.39 is 51.2 Å². The van der Waals surface area contributed by atoms with Crippen molar-refractivity contribution in [2.45, 2.75) is 28.8 Å². The van der Waals surface area contributed by atoms with E-state index in [9.17, 15) is 18.8 Å². The standard InChI is InChI=1S/C34H24Cl2FNO4/c35-33-22-13-5-6-14-23(22)34(36,25-16-8-7-15-24(25)33)29-28(33)30(39)38(31(29)40)27(18-20-10-2-1-3-11-20)32(41)42-19-21-12-4-9-17-26(21)37/h1-17,27-29H,18-19H2/t27-,28-,29+,33?,34?/m1/s1. The fourth-order valence-corrected chi connectivity index (χ4v) is 8.07. The first-order chi connectivity index (χ1) is 20.3. The number of hydrogen-bond donors (Lipinski definition) is 0. The van der Waals surface area contributed by atoms with Crippen LogP contribution >= 0.6 is 23.2 Å². The SMILES string of the molecule is O=C(OCc1ccccc1F)[C@@H](Cc1ccccc1)N1C(=O)[C@@H]2[C@H](C1=O)C1(Cl)c3ccccc3C2(Cl)c2ccccc21. The number of carbonyl (C=O) groups excluding carboxylic acids is 3. The molecule has 42 heavy (non-hydrogen) atoms. The number of halogens is 3. The van der Waals surface area contributed by atoms with Gasteiger partial charge in [-0.3, -0.25) is 14.5 Å². The lowest BCUT2D eigenvalue weighted by Crippen LogP contribution is -2.57. The van der Waals surface area contributed by atoms with Gasteiger partial charge in [-0.25, -0.2) is 9.18 Å². The second-order valence-electron chi connectivity index (χ2n) is 10.9. The van der Waals surface area contributed by atoms with Gasteiger partial charge in [0.15, 0.2) is 0 Å². The average molecular weight is 600 g/mol. The molecule has 1 saturated heterocycles. The van der Waals surface area contributed by atoms with Crippen molar-refractivity contribution < 1.29 is 23.5 Å². The monoisotopic (exact) mass is 599 g/mol. The van der Waals surface area contributed by atoms with Crippen LogP contribution in [0.5, 0.6) is 0 Å². The maximum atomic E-state index is 14.5. The zero-order valence-corrected chi connectivity index (χ0v) is 23.7. The molecule has 0 aromatic heterocycles. The lowest BCUT2D eigenvalue weighted by molar-refractivity contribution is -0.160. The highest BCUT2D eigenvalue weighted by atomic mass is 35.5. The normalized spacial score (nSPS) is 25.9. The van der Waals surface area contributed by atoms with Gasteiger partial charge in [-0.2, -0.15) is 0 Å². The van der Waals surface area contributed by atoms with E-state index >= 15 is 0 Å². The van der Waals surface area contributed by atoms with E-state index in [2.05, 4.69) is 0 Å². The summed E-state index contributed by atoms with van der Waals surface area (Å²) in [5.41, 5.74) is 3.59. The van der Waals surface area contributed by atoms with Crippen LogP contribution in [0.4, 0.5) is 4.39 Å². The molecule has 210 valence electrons. The summed E-state index contributed by atoms with van der Waals surface area (Å²) in [4.78, 5) is 40.9. The van der Waals surface area contributed by atoms with Crippen LogP contribution in [-0.2, 0) is 41.9 Å². The molecule has 3 aliphatic carbocycles. The maximum Gasteiger partial charge on any atom is 0.330 e. The molecule has 0 unspecified atom stereocenters. The summed E-state index contributed by atoms with van der Waals surface area (Å²) in [6, 6.07) is 28.4. The highest BCUT2D eigenvalue weighted by molar-refractivity contribution is 6.36. The summed E-state index contributed by atoms with van der Waals surface area (Å²) in [5.74, 6) is -4.62. The first kappa shape index (κ1) is 26.9. The van der Waals surface area contributed by atoms with Crippen molar-refractivity contribution >= 4 is 41.0 Å². The van der Waals surface area contributed by atoms with E-state index in [1.165, 1.54) is 18.2 Å². The van der Waals surface area contributed by atoms with Crippen LogP contribution < -0.4 is 0 Å². The summed E-state index contributed by atoms with van der Waals surface area (Å²) in [7, 11) is 0. The van der Waals surface area contributed by atoms with Gasteiger partial charge in [-0.1, -0.05) is 97.1 Å². The van der Waals surface area contributed by atoms with Crippen LogP contribution in [0.2, 0.25) is 0 Å². The molecule has 3 atom stereocenters. The zero-order chi connectivity index (χ0) is 29.2. The Balaban J connectivity index is 1.33. The molecule has 8 rings (SSSR count). The van der Waals surface area contributed by atoms with E-state index in [4.69, 9.17) is 27.9 Å². The summed E-state index contributed by atoms with van der Waals surface area (Å²) < 4.78 is 19.9. The van der Waals surface area contributed by atoms with Crippen molar-refractivity contribution in [2.75, 3.05) is 0 Å². The first-order valence-corrected chi connectivity index (χ1v) is 14.4. The Morgan fingerprint density at radius 3 is 1.69 bits per heavy atom. The largest absolute Gasteiger partial charge is 0.459 e. The van der Waals surface area contributed by atoms with Crippen molar-refractivity contribution in [3.8, 4) is 0 Å². The highest BCUT2D eigenvalue weighted by Crippen LogP contribution is 2.69. The van der Waals surface area contributed by atoms with Gasteiger partial charge in [-0.05, 0) is 33.9 Å². The van der Waals surface area contributed by atoms with Crippen molar-refractivity contribution in [1.82, 2.24) is 4.90 Å². The van der Waals surface area contributed by atoms with Gasteiger partial charge in [0.2, 0.25) is 11.8 Å². The van der Waals surface area contributed by atoms with Crippen molar-refractivity contribution in [3.05, 3.63) is 142 Å². The molecule has 2 bridgehead atoms. The van der Waals surface area contributed by atoms with Crippen LogP contribution in [0.25, 0.3) is 0 Å². The molecule has 4 aromatic carbocycles. The number of alkyl halides is 2. The minimum absolute atomic E-state index is 0.0122. The molecule has 2 amide bonds. The molecule has 1 fully saturated rings. The predicted molar refractivity (Wildman–Crippen MR) is 155 cm³/mol. The lowest BCUT2D eigenvalue weighted by Gasteiger charge is -2.54. The van der Waals surface area contributed by atoms with Gasteiger partial charge in [0.05, 0.1) is 11.8 Å². The third-order valence-electron chi connectivity index (χ3n) is 8.80. The number of carbonyl (C=O) groups is 3. The molecule has 0 saturated carbocycles. The van der Waals surface area contributed by atoms with Crippen LogP contribution in [-0.4, -0.2) is 28.7 Å². The molecule has 4 aromatic rings. The van der Waals surface area contributed by atoms with E-state index in [1.807, 2.05) is 54.6 Å². The van der Waals surface area contributed by atoms with E-state index in [0.717, 1.165) is 10.5 Å². The summed E-state index contributed by atoms with van der Waals surface area (Å²) in [6.45, 7) is -0.352. The predicted octanol–water partition coefficient (Wildman–Crippen LogP) is 6.07. The van der Waals surface area contributed by atoms with Crippen LogP contribution in [0.1, 0.15) is 33.4 Å². The minimum atomic E-state index is -1.37. The summed E-state index contributed by atoms with van der Waals surface area (Å²) in [5, 5.41) is 0. The molecular weight excluding hydrogens is 576 g/mol. The Hall–Kier alpha value is -4.00. The van der Waals surface area contributed by atoms with Gasteiger partial charge >= 0.3 is 5.97 Å². The molecule has 0 radical (unpaired) electrons. The maximum absolute atomic E-state index is 14.5. The van der Waals surface area contributed by atoms with Gasteiger partial charge in [-0.15, -0.1) is 23.2 Å². The van der Waals surface area contributed by atoms with Crippen molar-refractivity contribution in [2.24, 2.45) is 11.8 Å². The molecule has 1 aliphatic heterocycles. The number of benzene rings is 4. The molecule has 5 nitrogen and oxygen atoms in total. The van der Waals surface area contributed by atoms with Crippen molar-refractivity contribution in [1.29, 1.82) is 0 Å². The van der Waals surface area contributed by atoms with E-state index in [1.54, 1.807) is 30.3 Å². The number of imide groups is 1. The zero-order valence-electron chi connectivity index (χ0n) is 22.2. The second-order valence-corrected chi connectivity index (χ2v) is 12.1.